The summed E-state index contributed by atoms with van der Waals surface area (Å²) in [6.07, 6.45) is 0.455. The highest BCUT2D eigenvalue weighted by Crippen LogP contribution is 2.65. The van der Waals surface area contributed by atoms with E-state index in [2.05, 4.69) is 40.5 Å². The van der Waals surface area contributed by atoms with E-state index in [1.54, 1.807) is 11.3 Å². The normalized spacial score (nSPS) is 20.5. The Kier molecular flexibility index (Phi) is 13.8. The molecule has 3 unspecified atom stereocenters. The molecule has 6 atom stereocenters. The fourth-order valence-corrected chi connectivity index (χ4v) is 9.54. The number of H-pyrrole nitrogens is 1. The Bertz CT molecular complexity index is 2430. The number of aliphatic hydroxyl groups is 1. The number of nitrogens with one attached hydrogen (secondary N) is 2. The van der Waals surface area contributed by atoms with Crippen molar-refractivity contribution in [1.82, 2.24) is 24.4 Å². The number of ether oxygens (including phenoxy) is 1. The summed E-state index contributed by atoms with van der Waals surface area (Å²) < 4.78 is 55.3. The highest BCUT2D eigenvalue weighted by Gasteiger charge is 2.41. The van der Waals surface area contributed by atoms with Crippen LogP contribution in [0.25, 0.3) is 26.9 Å². The van der Waals surface area contributed by atoms with Gasteiger partial charge in [-0.05, 0) is 30.7 Å². The molecule has 6 N–H and O–H groups in total. The Morgan fingerprint density at radius 1 is 1.16 bits per heavy atom. The first-order valence-corrected chi connectivity index (χ1v) is 21.9. The number of carbonyl (C=O) groups excluding carboxylic acids is 1. The molecular formula is C31H39N6O15P3S. The first-order valence-electron chi connectivity index (χ1n) is 16.6. The molecule has 21 nitrogen and oxygen atoms in total. The minimum atomic E-state index is -5.85. The molecule has 5 rings (SSSR count). The van der Waals surface area contributed by atoms with Crippen molar-refractivity contribution in [3.63, 3.8) is 0 Å². The van der Waals surface area contributed by atoms with Crippen LogP contribution < -0.4 is 36.3 Å². The molecule has 25 heteroatoms. The fourth-order valence-electron chi connectivity index (χ4n) is 5.51. The topological polar surface area (TPSA) is 295 Å². The maximum absolute atomic E-state index is 12.6. The van der Waals surface area contributed by atoms with Gasteiger partial charge in [0.05, 0.1) is 39.1 Å². The zero-order valence-electron chi connectivity index (χ0n) is 30.0. The van der Waals surface area contributed by atoms with E-state index in [1.165, 1.54) is 12.2 Å². The number of phosphoric ester groups is 1. The van der Waals surface area contributed by atoms with Gasteiger partial charge in [-0.25, -0.2) is 27.8 Å². The highest BCUT2D eigenvalue weighted by atomic mass is 32.1. The van der Waals surface area contributed by atoms with Crippen LogP contribution in [0, 0.1) is 0 Å². The average molecular weight is 861 g/mol. The van der Waals surface area contributed by atoms with E-state index in [0.717, 1.165) is 42.6 Å². The SMILES string of the molecule is CN(CCCC(=O)NC/C=C/c1cn([C@H]2C[C@H](O)[C@@H](COP(=O)(O)OP(=O)(O)OP(=O)([O-])O)O2)c(=O)[nH]c1=O)c1ccc2nc3ccc(=[N+](C)C)cc-3sc2c1. The third-order valence-corrected chi connectivity index (χ3v) is 13.1. The number of carbonyl (C=O) groups is 1. The van der Waals surface area contributed by atoms with Crippen LogP contribution in [0.15, 0.2) is 58.3 Å². The molecule has 1 aromatic heterocycles. The van der Waals surface area contributed by atoms with Gasteiger partial charge in [-0.15, -0.1) is 11.3 Å². The molecule has 0 spiro atoms. The number of nitrogens with zero attached hydrogens (tertiary/aromatic N) is 4. The Labute approximate surface area is 321 Å². The lowest BCUT2D eigenvalue weighted by molar-refractivity contribution is -0.212. The number of amides is 1. The van der Waals surface area contributed by atoms with Gasteiger partial charge in [-0.1, -0.05) is 12.2 Å². The number of aromatic amines is 1. The van der Waals surface area contributed by atoms with Gasteiger partial charge in [0, 0.05) is 57.0 Å². The smallest absolute Gasteiger partial charge is 0.487 e. The summed E-state index contributed by atoms with van der Waals surface area (Å²) in [7, 11) is -11.3. The van der Waals surface area contributed by atoms with Crippen molar-refractivity contribution in [3.8, 4) is 10.6 Å². The number of phosphoric acid groups is 3. The van der Waals surface area contributed by atoms with E-state index < -0.39 is 59.8 Å². The summed E-state index contributed by atoms with van der Waals surface area (Å²) in [5, 5.41) is 14.2. The van der Waals surface area contributed by atoms with Crippen molar-refractivity contribution in [3.05, 3.63) is 80.4 Å². The van der Waals surface area contributed by atoms with Gasteiger partial charge in [0.2, 0.25) is 11.3 Å². The van der Waals surface area contributed by atoms with Crippen LogP contribution in [0.3, 0.4) is 0 Å². The molecule has 2 aromatic rings. The number of rotatable bonds is 16. The van der Waals surface area contributed by atoms with Gasteiger partial charge in [0.1, 0.15) is 26.4 Å². The third-order valence-electron chi connectivity index (χ3n) is 8.24. The van der Waals surface area contributed by atoms with Crippen LogP contribution in [0.2, 0.25) is 0 Å². The van der Waals surface area contributed by atoms with E-state index in [4.69, 9.17) is 14.6 Å². The van der Waals surface area contributed by atoms with Gasteiger partial charge in [-0.3, -0.25) is 28.2 Å². The van der Waals surface area contributed by atoms with Crippen molar-refractivity contribution >= 4 is 62.7 Å². The lowest BCUT2D eigenvalue weighted by Gasteiger charge is -2.21. The Morgan fingerprint density at radius 3 is 2.62 bits per heavy atom. The molecule has 304 valence electrons. The molecule has 0 saturated carbocycles. The predicted octanol–water partition coefficient (Wildman–Crippen LogP) is 0.689. The average Bonchev–Trinajstić information content (AvgIpc) is 3.46. The first kappa shape index (κ1) is 43.4. The van der Waals surface area contributed by atoms with Gasteiger partial charge < -0.3 is 39.6 Å². The van der Waals surface area contributed by atoms with Crippen molar-refractivity contribution in [2.45, 2.75) is 37.7 Å². The van der Waals surface area contributed by atoms with E-state index in [0.29, 0.717) is 13.0 Å². The van der Waals surface area contributed by atoms with E-state index in [-0.39, 0.29) is 30.9 Å². The largest absolute Gasteiger partial charge is 0.756 e. The molecule has 3 heterocycles. The Morgan fingerprint density at radius 2 is 1.91 bits per heavy atom. The minimum absolute atomic E-state index is 0.0117. The van der Waals surface area contributed by atoms with Gasteiger partial charge in [0.25, 0.3) is 13.4 Å². The summed E-state index contributed by atoms with van der Waals surface area (Å²) in [6, 6.07) is 12.2. The van der Waals surface area contributed by atoms with Crippen LogP contribution in [-0.2, 0) is 36.4 Å². The molecule has 2 aliphatic heterocycles. The molecule has 0 radical (unpaired) electrons. The zero-order valence-corrected chi connectivity index (χ0v) is 33.5. The molecular weight excluding hydrogens is 821 g/mol. The number of hydrogen-bond acceptors (Lipinski definition) is 15. The van der Waals surface area contributed by atoms with Crippen LogP contribution >= 0.6 is 34.8 Å². The van der Waals surface area contributed by atoms with Crippen LogP contribution in [0.4, 0.5) is 5.69 Å². The second kappa shape index (κ2) is 17.8. The summed E-state index contributed by atoms with van der Waals surface area (Å²) in [5.41, 5.74) is 1.13. The zero-order chi connectivity index (χ0) is 41.0. The van der Waals surface area contributed by atoms with Crippen molar-refractivity contribution < 1.29 is 61.1 Å². The Hall–Kier alpha value is -3.72. The predicted molar refractivity (Wildman–Crippen MR) is 201 cm³/mol. The van der Waals surface area contributed by atoms with E-state index in [9.17, 15) is 47.9 Å². The van der Waals surface area contributed by atoms with Crippen molar-refractivity contribution in [1.29, 1.82) is 0 Å². The lowest BCUT2D eigenvalue weighted by atomic mass is 10.2. The summed E-state index contributed by atoms with van der Waals surface area (Å²) >= 11 is 1.67. The van der Waals surface area contributed by atoms with Crippen LogP contribution in [0.1, 0.15) is 31.1 Å². The molecule has 1 saturated heterocycles. The number of anilines is 1. The van der Waals surface area contributed by atoms with E-state index in [1.807, 2.05) is 50.0 Å². The van der Waals surface area contributed by atoms with Crippen LogP contribution in [-0.4, -0.2) is 93.3 Å². The second-order valence-electron chi connectivity index (χ2n) is 12.7. The molecule has 3 aliphatic rings. The van der Waals surface area contributed by atoms with Gasteiger partial charge in [-0.2, -0.15) is 4.31 Å². The summed E-state index contributed by atoms with van der Waals surface area (Å²) in [6.45, 7) is -0.289. The van der Waals surface area contributed by atoms with Gasteiger partial charge >= 0.3 is 21.3 Å². The van der Waals surface area contributed by atoms with Crippen molar-refractivity contribution in [2.75, 3.05) is 45.7 Å². The maximum Gasteiger partial charge on any atom is 0.487 e. The molecule has 1 fully saturated rings. The quantitative estimate of drug-likeness (QED) is 0.0513. The monoisotopic (exact) mass is 860 g/mol. The molecule has 0 bridgehead atoms. The lowest BCUT2D eigenvalue weighted by Crippen LogP contribution is -2.33. The van der Waals surface area contributed by atoms with Crippen LogP contribution in [0.5, 0.6) is 0 Å². The molecule has 1 aliphatic carbocycles. The number of hydrogen-bond donors (Lipinski definition) is 6. The second-order valence-corrected chi connectivity index (χ2v) is 18.2. The number of fused-ring (bicyclic) bond motifs is 2. The van der Waals surface area contributed by atoms with E-state index >= 15 is 0 Å². The number of aliphatic hydroxyl groups excluding tert-OH is 1. The van der Waals surface area contributed by atoms with Gasteiger partial charge in [0.15, 0.2) is 0 Å². The standard InChI is InChI=1S/C31H39N6O15P3S/c1-35(2)20-8-10-22-26(14-20)56-27-15-21(9-11-23(27)33-22)36(3)13-5-7-28(39)32-12-4-6-19-17-37(31(41)34-30(19)40)29-16-24(38)25(50-29)18-49-54(45,46)52-55(47,48)51-53(42,43)44/h4,6,8-11,14-15,17,24-25,29,38H,5,7,12-13,16,18H2,1-3H3,(H5-,32,34,39,40,41,42,43,44,45,46,47,48)/b6-4+/t24-,25+,29+/m0/s1. The fraction of sp³-hybridized carbons (Fsp3) is 0.387. The Balaban J connectivity index is 1.10. The number of benzene rings is 2. The molecule has 56 heavy (non-hydrogen) atoms. The summed E-state index contributed by atoms with van der Waals surface area (Å²) in [5.74, 6) is -0.220. The molecule has 1 aromatic carbocycles. The highest BCUT2D eigenvalue weighted by molar-refractivity contribution is 7.66. The molecule has 1 amide bonds. The summed E-state index contributed by atoms with van der Waals surface area (Å²) in [4.78, 5) is 85.7. The maximum atomic E-state index is 12.6. The number of aromatic nitrogens is 3. The third kappa shape index (κ3) is 11.9. The minimum Gasteiger partial charge on any atom is -0.756 e. The first-order chi connectivity index (χ1) is 26.2. The van der Waals surface area contributed by atoms with Crippen molar-refractivity contribution in [2.24, 2.45) is 0 Å².